The summed E-state index contributed by atoms with van der Waals surface area (Å²) in [6, 6.07) is 4.27. The number of benzene rings is 1. The fraction of sp³-hybridized carbons (Fsp3) is 0.417. The van der Waals surface area contributed by atoms with E-state index in [1.165, 1.54) is 11.0 Å². The molecule has 1 saturated heterocycles. The van der Waals surface area contributed by atoms with Gasteiger partial charge in [0.05, 0.1) is 11.6 Å². The highest BCUT2D eigenvalue weighted by atomic mass is 19.4. The Labute approximate surface area is 108 Å². The average molecular weight is 273 g/mol. The van der Waals surface area contributed by atoms with Crippen LogP contribution in [-0.2, 0) is 6.18 Å². The first-order valence-electron chi connectivity index (χ1n) is 5.84. The van der Waals surface area contributed by atoms with Crippen LogP contribution in [0.25, 0.3) is 0 Å². The van der Waals surface area contributed by atoms with Crippen molar-refractivity contribution in [3.63, 3.8) is 0 Å². The van der Waals surface area contributed by atoms with E-state index in [9.17, 15) is 18.0 Å². The number of carbonyl (C=O) groups excluding carboxylic acids is 1. The number of amides is 2. The molecule has 0 aliphatic carbocycles. The number of rotatable bonds is 3. The topological polar surface area (TPSA) is 58.4 Å². The normalized spacial score (nSPS) is 19.7. The largest absolute Gasteiger partial charge is 0.416 e. The van der Waals surface area contributed by atoms with E-state index in [2.05, 4.69) is 5.32 Å². The molecule has 1 aliphatic heterocycles. The molecule has 1 atom stereocenters. The van der Waals surface area contributed by atoms with Crippen LogP contribution in [0.4, 0.5) is 18.0 Å². The van der Waals surface area contributed by atoms with Crippen LogP contribution < -0.4 is 11.1 Å². The molecule has 1 fully saturated rings. The van der Waals surface area contributed by atoms with E-state index in [0.717, 1.165) is 12.1 Å². The summed E-state index contributed by atoms with van der Waals surface area (Å²) in [6.45, 7) is 1.04. The fourth-order valence-electron chi connectivity index (χ4n) is 2.06. The standard InChI is InChI=1S/C12H14F3N3O/c13-12(14,15)9-3-1-2-8(6-9)10-7-18(5-4-16)11(19)17-10/h1-3,6,10H,4-5,7,16H2,(H,17,19). The molecular weight excluding hydrogens is 259 g/mol. The lowest BCUT2D eigenvalue weighted by molar-refractivity contribution is -0.137. The van der Waals surface area contributed by atoms with E-state index in [-0.39, 0.29) is 6.03 Å². The number of nitrogens with one attached hydrogen (secondary N) is 1. The minimum atomic E-state index is -4.38. The van der Waals surface area contributed by atoms with Crippen molar-refractivity contribution < 1.29 is 18.0 Å². The second kappa shape index (κ2) is 5.08. The van der Waals surface area contributed by atoms with Crippen molar-refractivity contribution >= 4 is 6.03 Å². The first-order valence-corrected chi connectivity index (χ1v) is 5.84. The number of hydrogen-bond donors (Lipinski definition) is 2. The highest BCUT2D eigenvalue weighted by Crippen LogP contribution is 2.31. The van der Waals surface area contributed by atoms with Crippen LogP contribution in [0.15, 0.2) is 24.3 Å². The lowest BCUT2D eigenvalue weighted by Gasteiger charge is -2.14. The predicted molar refractivity (Wildman–Crippen MR) is 63.3 cm³/mol. The van der Waals surface area contributed by atoms with Crippen molar-refractivity contribution in [1.29, 1.82) is 0 Å². The quantitative estimate of drug-likeness (QED) is 0.881. The predicted octanol–water partition coefficient (Wildman–Crippen LogP) is 1.73. The summed E-state index contributed by atoms with van der Waals surface area (Å²) in [6.07, 6.45) is -4.38. The van der Waals surface area contributed by atoms with Gasteiger partial charge in [-0.25, -0.2) is 4.79 Å². The number of urea groups is 1. The Kier molecular flexibility index (Phi) is 3.66. The first kappa shape index (κ1) is 13.7. The summed E-state index contributed by atoms with van der Waals surface area (Å²) in [5, 5.41) is 2.65. The zero-order chi connectivity index (χ0) is 14.0. The van der Waals surface area contributed by atoms with Gasteiger partial charge in [-0.2, -0.15) is 13.2 Å². The zero-order valence-corrected chi connectivity index (χ0v) is 10.1. The van der Waals surface area contributed by atoms with E-state index in [1.54, 1.807) is 6.07 Å². The molecule has 3 N–H and O–H groups in total. The monoisotopic (exact) mass is 273 g/mol. The Bertz CT molecular complexity index is 476. The number of carbonyl (C=O) groups is 1. The molecule has 2 amide bonds. The van der Waals surface area contributed by atoms with Crippen LogP contribution in [0.5, 0.6) is 0 Å². The summed E-state index contributed by atoms with van der Waals surface area (Å²) in [4.78, 5) is 13.1. The van der Waals surface area contributed by atoms with Crippen molar-refractivity contribution in [1.82, 2.24) is 10.2 Å². The summed E-state index contributed by atoms with van der Waals surface area (Å²) in [5.41, 5.74) is 5.10. The van der Waals surface area contributed by atoms with Gasteiger partial charge >= 0.3 is 12.2 Å². The molecule has 0 saturated carbocycles. The Hall–Kier alpha value is -1.76. The van der Waals surface area contributed by atoms with Crippen LogP contribution in [0, 0.1) is 0 Å². The van der Waals surface area contributed by atoms with Crippen LogP contribution in [-0.4, -0.2) is 30.6 Å². The van der Waals surface area contributed by atoms with E-state index in [4.69, 9.17) is 5.73 Å². The van der Waals surface area contributed by atoms with Gasteiger partial charge in [-0.15, -0.1) is 0 Å². The Morgan fingerprint density at radius 3 is 2.79 bits per heavy atom. The average Bonchev–Trinajstić information content (AvgIpc) is 2.71. The molecule has 1 aliphatic rings. The highest BCUT2D eigenvalue weighted by Gasteiger charge is 2.33. The number of nitrogens with zero attached hydrogens (tertiary/aromatic N) is 1. The molecule has 1 aromatic carbocycles. The van der Waals surface area contributed by atoms with Crippen LogP contribution in [0.3, 0.4) is 0 Å². The maximum Gasteiger partial charge on any atom is 0.416 e. The minimum absolute atomic E-state index is 0.298. The van der Waals surface area contributed by atoms with E-state index in [0.29, 0.717) is 25.2 Å². The zero-order valence-electron chi connectivity index (χ0n) is 10.1. The highest BCUT2D eigenvalue weighted by molar-refractivity contribution is 5.77. The van der Waals surface area contributed by atoms with Gasteiger partial charge in [0, 0.05) is 19.6 Å². The van der Waals surface area contributed by atoms with Crippen LogP contribution in [0.2, 0.25) is 0 Å². The smallest absolute Gasteiger partial charge is 0.329 e. The van der Waals surface area contributed by atoms with Crippen molar-refractivity contribution in [3.05, 3.63) is 35.4 Å². The third-order valence-electron chi connectivity index (χ3n) is 3.00. The molecule has 0 bridgehead atoms. The Morgan fingerprint density at radius 1 is 1.42 bits per heavy atom. The molecule has 104 valence electrons. The van der Waals surface area contributed by atoms with Crippen molar-refractivity contribution in [2.24, 2.45) is 5.73 Å². The maximum absolute atomic E-state index is 12.6. The van der Waals surface area contributed by atoms with Gasteiger partial charge in [-0.1, -0.05) is 12.1 Å². The number of nitrogens with two attached hydrogens (primary N) is 1. The number of halogens is 3. The molecular formula is C12H14F3N3O. The fourth-order valence-corrected chi connectivity index (χ4v) is 2.06. The molecule has 4 nitrogen and oxygen atoms in total. The molecule has 0 radical (unpaired) electrons. The van der Waals surface area contributed by atoms with Gasteiger partial charge < -0.3 is 16.0 Å². The molecule has 7 heteroatoms. The SMILES string of the molecule is NCCN1CC(c2cccc(C(F)(F)F)c2)NC1=O. The van der Waals surface area contributed by atoms with Gasteiger partial charge in [-0.05, 0) is 17.7 Å². The molecule has 0 aromatic heterocycles. The van der Waals surface area contributed by atoms with Crippen molar-refractivity contribution in [3.8, 4) is 0 Å². The number of alkyl halides is 3. The van der Waals surface area contributed by atoms with Gasteiger partial charge in [0.15, 0.2) is 0 Å². The second-order valence-electron chi connectivity index (χ2n) is 4.36. The lowest BCUT2D eigenvalue weighted by Crippen LogP contribution is -2.32. The van der Waals surface area contributed by atoms with Crippen molar-refractivity contribution in [2.75, 3.05) is 19.6 Å². The lowest BCUT2D eigenvalue weighted by atomic mass is 10.0. The molecule has 1 unspecified atom stereocenters. The number of hydrogen-bond acceptors (Lipinski definition) is 2. The van der Waals surface area contributed by atoms with E-state index >= 15 is 0 Å². The van der Waals surface area contributed by atoms with Gasteiger partial charge in [0.2, 0.25) is 0 Å². The summed E-state index contributed by atoms with van der Waals surface area (Å²) in [5.74, 6) is 0. The van der Waals surface area contributed by atoms with Crippen molar-refractivity contribution in [2.45, 2.75) is 12.2 Å². The molecule has 0 spiro atoms. The summed E-state index contributed by atoms with van der Waals surface area (Å²) >= 11 is 0. The maximum atomic E-state index is 12.6. The van der Waals surface area contributed by atoms with Crippen LogP contribution in [0.1, 0.15) is 17.2 Å². The minimum Gasteiger partial charge on any atom is -0.329 e. The van der Waals surface area contributed by atoms with Gasteiger partial charge in [-0.3, -0.25) is 0 Å². The molecule has 1 heterocycles. The third-order valence-corrected chi connectivity index (χ3v) is 3.00. The third kappa shape index (κ3) is 2.98. The van der Waals surface area contributed by atoms with Gasteiger partial charge in [0.25, 0.3) is 0 Å². The molecule has 19 heavy (non-hydrogen) atoms. The van der Waals surface area contributed by atoms with Crippen LogP contribution >= 0.6 is 0 Å². The first-order chi connectivity index (χ1) is 8.91. The molecule has 1 aromatic rings. The molecule has 2 rings (SSSR count). The van der Waals surface area contributed by atoms with E-state index < -0.39 is 17.8 Å². The van der Waals surface area contributed by atoms with E-state index in [1.807, 2.05) is 0 Å². The summed E-state index contributed by atoms with van der Waals surface area (Å²) < 4.78 is 37.8. The Balaban J connectivity index is 2.18. The summed E-state index contributed by atoms with van der Waals surface area (Å²) in [7, 11) is 0. The van der Waals surface area contributed by atoms with Gasteiger partial charge in [0.1, 0.15) is 0 Å². The Morgan fingerprint density at radius 2 is 2.16 bits per heavy atom. The second-order valence-corrected chi connectivity index (χ2v) is 4.36.